The van der Waals surface area contributed by atoms with Crippen molar-refractivity contribution in [2.75, 3.05) is 23.9 Å². The number of rotatable bonds is 7. The summed E-state index contributed by atoms with van der Waals surface area (Å²) in [4.78, 5) is 18.7. The highest BCUT2D eigenvalue weighted by Gasteiger charge is 2.42. The Labute approximate surface area is 215 Å². The SMILES string of the molecule is COCC(=O)Nc1ccc(N2C(=S)N[C@@H](c3ccccn3)[C@@H]2c2cccn2-c2ccccc2C)cc1. The zero-order valence-corrected chi connectivity index (χ0v) is 20.9. The van der Waals surface area contributed by atoms with Crippen molar-refractivity contribution in [3.05, 3.63) is 108 Å². The minimum atomic E-state index is -0.201. The molecule has 1 saturated heterocycles. The van der Waals surface area contributed by atoms with Crippen LogP contribution in [0.25, 0.3) is 5.69 Å². The lowest BCUT2D eigenvalue weighted by molar-refractivity contribution is -0.119. The minimum Gasteiger partial charge on any atom is -0.375 e. The van der Waals surface area contributed by atoms with Gasteiger partial charge in [-0.1, -0.05) is 24.3 Å². The molecule has 1 fully saturated rings. The summed E-state index contributed by atoms with van der Waals surface area (Å²) in [7, 11) is 1.49. The largest absolute Gasteiger partial charge is 0.375 e. The summed E-state index contributed by atoms with van der Waals surface area (Å²) in [5, 5.41) is 6.96. The monoisotopic (exact) mass is 497 g/mol. The van der Waals surface area contributed by atoms with Crippen LogP contribution in [0.1, 0.15) is 29.0 Å². The van der Waals surface area contributed by atoms with Gasteiger partial charge in [0.2, 0.25) is 5.91 Å². The van der Waals surface area contributed by atoms with Crippen molar-refractivity contribution < 1.29 is 9.53 Å². The van der Waals surface area contributed by atoms with E-state index in [2.05, 4.69) is 62.5 Å². The van der Waals surface area contributed by atoms with Crippen LogP contribution in [-0.2, 0) is 9.53 Å². The quantitative estimate of drug-likeness (QED) is 0.353. The molecule has 3 heterocycles. The lowest BCUT2D eigenvalue weighted by atomic mass is 10.0. The Morgan fingerprint density at radius 2 is 1.83 bits per heavy atom. The predicted molar refractivity (Wildman–Crippen MR) is 145 cm³/mol. The number of anilines is 2. The molecule has 2 N–H and O–H groups in total. The Hall–Kier alpha value is -4.01. The van der Waals surface area contributed by atoms with E-state index in [4.69, 9.17) is 17.0 Å². The van der Waals surface area contributed by atoms with Gasteiger partial charge < -0.3 is 24.8 Å². The van der Waals surface area contributed by atoms with E-state index in [0.29, 0.717) is 10.8 Å². The van der Waals surface area contributed by atoms with Crippen LogP contribution < -0.4 is 15.5 Å². The van der Waals surface area contributed by atoms with E-state index in [-0.39, 0.29) is 24.6 Å². The van der Waals surface area contributed by atoms with Crippen LogP contribution in [0.5, 0.6) is 0 Å². The second kappa shape index (κ2) is 10.3. The molecule has 8 heteroatoms. The molecule has 0 saturated carbocycles. The van der Waals surface area contributed by atoms with Crippen LogP contribution in [0.4, 0.5) is 11.4 Å². The number of carbonyl (C=O) groups excluding carboxylic acids is 1. The van der Waals surface area contributed by atoms with Gasteiger partial charge in [-0.25, -0.2) is 0 Å². The van der Waals surface area contributed by atoms with E-state index in [1.807, 2.05) is 54.6 Å². The number of aromatic nitrogens is 2. The zero-order valence-electron chi connectivity index (χ0n) is 20.1. The van der Waals surface area contributed by atoms with Crippen molar-refractivity contribution in [3.8, 4) is 5.69 Å². The van der Waals surface area contributed by atoms with Gasteiger partial charge in [-0.2, -0.15) is 0 Å². The van der Waals surface area contributed by atoms with Crippen LogP contribution in [-0.4, -0.2) is 34.3 Å². The molecule has 0 bridgehead atoms. The first-order chi connectivity index (χ1) is 17.6. The van der Waals surface area contributed by atoms with Gasteiger partial charge in [0.1, 0.15) is 12.6 Å². The molecular weight excluding hydrogens is 470 g/mol. The molecule has 0 radical (unpaired) electrons. The molecule has 36 heavy (non-hydrogen) atoms. The Morgan fingerprint density at radius 1 is 1.06 bits per heavy atom. The highest BCUT2D eigenvalue weighted by molar-refractivity contribution is 7.80. The molecule has 0 unspecified atom stereocenters. The molecule has 7 nitrogen and oxygen atoms in total. The number of nitrogens with one attached hydrogen (secondary N) is 2. The minimum absolute atomic E-state index is 0.00556. The lowest BCUT2D eigenvalue weighted by Gasteiger charge is -2.29. The van der Waals surface area contributed by atoms with Crippen molar-refractivity contribution in [3.63, 3.8) is 0 Å². The Bertz CT molecular complexity index is 1370. The number of nitrogens with zero attached hydrogens (tertiary/aromatic N) is 3. The van der Waals surface area contributed by atoms with Crippen molar-refractivity contribution in [2.45, 2.75) is 19.0 Å². The van der Waals surface area contributed by atoms with Gasteiger partial charge in [-0.15, -0.1) is 0 Å². The number of ether oxygens (including phenoxy) is 1. The summed E-state index contributed by atoms with van der Waals surface area (Å²) in [6.45, 7) is 2.12. The molecule has 1 aliphatic heterocycles. The van der Waals surface area contributed by atoms with Gasteiger partial charge >= 0.3 is 0 Å². The average molecular weight is 498 g/mol. The first kappa shape index (κ1) is 23.7. The third kappa shape index (κ3) is 4.60. The van der Waals surface area contributed by atoms with Crippen LogP contribution >= 0.6 is 12.2 Å². The standard InChI is InChI=1S/C28H27N5O2S/c1-19-8-3-4-10-23(19)32-17-7-11-24(32)27-26(22-9-5-6-16-29-22)31-28(36)33(27)21-14-12-20(13-15-21)30-25(34)18-35-2/h3-17,26-27H,18H2,1-2H3,(H,30,34)(H,31,36)/t26-,27-/m0/s1. The first-order valence-corrected chi connectivity index (χ1v) is 12.1. The molecule has 182 valence electrons. The number of pyridine rings is 1. The number of benzene rings is 2. The summed E-state index contributed by atoms with van der Waals surface area (Å²) in [6.07, 6.45) is 3.89. The maximum Gasteiger partial charge on any atom is 0.250 e. The third-order valence-corrected chi connectivity index (χ3v) is 6.58. The van der Waals surface area contributed by atoms with Gasteiger partial charge in [0.15, 0.2) is 5.11 Å². The summed E-state index contributed by atoms with van der Waals surface area (Å²) in [5.74, 6) is -0.201. The van der Waals surface area contributed by atoms with Crippen LogP contribution in [0.3, 0.4) is 0 Å². The zero-order chi connectivity index (χ0) is 25.1. The molecular formula is C28H27N5O2S. The van der Waals surface area contributed by atoms with Gasteiger partial charge in [-0.05, 0) is 79.3 Å². The molecule has 4 aromatic rings. The van der Waals surface area contributed by atoms with Crippen LogP contribution in [0.2, 0.25) is 0 Å². The topological polar surface area (TPSA) is 71.4 Å². The van der Waals surface area contributed by atoms with Crippen LogP contribution in [0, 0.1) is 6.92 Å². The molecule has 2 aromatic carbocycles. The molecule has 1 aliphatic rings. The van der Waals surface area contributed by atoms with E-state index in [1.54, 1.807) is 6.20 Å². The normalized spacial score (nSPS) is 17.2. The predicted octanol–water partition coefficient (Wildman–Crippen LogP) is 4.94. The second-order valence-electron chi connectivity index (χ2n) is 8.61. The number of para-hydroxylation sites is 1. The van der Waals surface area contributed by atoms with E-state index in [9.17, 15) is 4.79 Å². The smallest absolute Gasteiger partial charge is 0.250 e. The van der Waals surface area contributed by atoms with Gasteiger partial charge in [0, 0.05) is 42.3 Å². The summed E-state index contributed by atoms with van der Waals surface area (Å²) >= 11 is 5.87. The van der Waals surface area contributed by atoms with E-state index >= 15 is 0 Å². The number of hydrogen-bond acceptors (Lipinski definition) is 4. The van der Waals surface area contributed by atoms with E-state index in [1.165, 1.54) is 12.7 Å². The van der Waals surface area contributed by atoms with Gasteiger partial charge in [0.05, 0.1) is 11.7 Å². The Morgan fingerprint density at radius 3 is 2.56 bits per heavy atom. The fourth-order valence-corrected chi connectivity index (χ4v) is 5.00. The number of amides is 1. The maximum atomic E-state index is 11.9. The van der Waals surface area contributed by atoms with Crippen molar-refractivity contribution in [2.24, 2.45) is 0 Å². The summed E-state index contributed by atoms with van der Waals surface area (Å²) in [6, 6.07) is 25.8. The maximum absolute atomic E-state index is 11.9. The molecule has 2 atom stereocenters. The highest BCUT2D eigenvalue weighted by atomic mass is 32.1. The Balaban J connectivity index is 1.57. The number of carbonyl (C=O) groups is 1. The van der Waals surface area contributed by atoms with Gasteiger partial charge in [-0.3, -0.25) is 9.78 Å². The third-order valence-electron chi connectivity index (χ3n) is 6.26. The fourth-order valence-electron chi connectivity index (χ4n) is 4.66. The summed E-state index contributed by atoms with van der Waals surface area (Å²) in [5.41, 5.74) is 5.91. The number of thiocarbonyl (C=S) groups is 1. The first-order valence-electron chi connectivity index (χ1n) is 11.7. The highest BCUT2D eigenvalue weighted by Crippen LogP contribution is 2.42. The molecule has 0 spiro atoms. The summed E-state index contributed by atoms with van der Waals surface area (Å²) < 4.78 is 7.13. The van der Waals surface area contributed by atoms with Crippen molar-refractivity contribution in [1.29, 1.82) is 0 Å². The van der Waals surface area contributed by atoms with Crippen molar-refractivity contribution >= 4 is 34.6 Å². The molecule has 0 aliphatic carbocycles. The molecule has 1 amide bonds. The molecule has 2 aromatic heterocycles. The van der Waals surface area contributed by atoms with Crippen molar-refractivity contribution in [1.82, 2.24) is 14.9 Å². The number of methoxy groups -OCH3 is 1. The Kier molecular flexibility index (Phi) is 6.79. The second-order valence-corrected chi connectivity index (χ2v) is 9.00. The lowest BCUT2D eigenvalue weighted by Crippen LogP contribution is -2.30. The molecule has 5 rings (SSSR count). The fraction of sp³-hybridized carbons (Fsp3) is 0.179. The number of hydrogen-bond donors (Lipinski definition) is 2. The van der Waals surface area contributed by atoms with Gasteiger partial charge in [0.25, 0.3) is 0 Å². The van der Waals surface area contributed by atoms with Crippen LogP contribution in [0.15, 0.2) is 91.3 Å². The average Bonchev–Trinajstić information content (AvgIpc) is 3.50. The van der Waals surface area contributed by atoms with E-state index < -0.39 is 0 Å². The number of aryl methyl sites for hydroxylation is 1. The van der Waals surface area contributed by atoms with E-state index in [0.717, 1.165) is 22.8 Å².